The summed E-state index contributed by atoms with van der Waals surface area (Å²) >= 11 is 5.95. The number of benzene rings is 3. The molecule has 3 N–H and O–H groups in total. The van der Waals surface area contributed by atoms with Crippen molar-refractivity contribution in [2.75, 3.05) is 22.5 Å². The van der Waals surface area contributed by atoms with E-state index in [4.69, 9.17) is 11.6 Å². The predicted octanol–water partition coefficient (Wildman–Crippen LogP) is 5.97. The van der Waals surface area contributed by atoms with Gasteiger partial charge in [-0.1, -0.05) is 29.8 Å². The van der Waals surface area contributed by atoms with E-state index in [1.807, 2.05) is 6.92 Å². The highest BCUT2D eigenvalue weighted by Crippen LogP contribution is 2.30. The number of amides is 2. The van der Waals surface area contributed by atoms with Crippen molar-refractivity contribution in [2.24, 2.45) is 0 Å². The van der Waals surface area contributed by atoms with Crippen LogP contribution in [0.1, 0.15) is 21.5 Å². The van der Waals surface area contributed by atoms with Crippen LogP contribution in [0.4, 0.5) is 30.2 Å². The Hall–Kier alpha value is -3.52. The molecule has 2 amide bonds. The fourth-order valence-corrected chi connectivity index (χ4v) is 3.02. The monoisotopic (exact) mass is 461 g/mol. The number of hydrogen-bond donors (Lipinski definition) is 3. The van der Waals surface area contributed by atoms with Crippen LogP contribution in [-0.4, -0.2) is 18.4 Å². The van der Waals surface area contributed by atoms with E-state index in [1.165, 1.54) is 24.3 Å². The summed E-state index contributed by atoms with van der Waals surface area (Å²) in [6.07, 6.45) is -4.51. The summed E-state index contributed by atoms with van der Waals surface area (Å²) in [5.74, 6) is -0.888. The van der Waals surface area contributed by atoms with Gasteiger partial charge in [-0.05, 0) is 61.0 Å². The van der Waals surface area contributed by atoms with E-state index in [2.05, 4.69) is 16.0 Å². The Labute approximate surface area is 187 Å². The average molecular weight is 462 g/mol. The lowest BCUT2D eigenvalue weighted by molar-refractivity contribution is -0.137. The first-order valence-electron chi connectivity index (χ1n) is 9.50. The van der Waals surface area contributed by atoms with Crippen molar-refractivity contribution < 1.29 is 22.8 Å². The summed E-state index contributed by atoms with van der Waals surface area (Å²) < 4.78 is 38.6. The van der Waals surface area contributed by atoms with E-state index in [-0.39, 0.29) is 23.7 Å². The van der Waals surface area contributed by atoms with Crippen LogP contribution in [0.15, 0.2) is 66.7 Å². The van der Waals surface area contributed by atoms with E-state index in [0.717, 1.165) is 17.7 Å². The summed E-state index contributed by atoms with van der Waals surface area (Å²) in [7, 11) is 0. The fraction of sp³-hybridized carbons (Fsp3) is 0.130. The van der Waals surface area contributed by atoms with Crippen LogP contribution in [0.3, 0.4) is 0 Å². The van der Waals surface area contributed by atoms with Crippen LogP contribution in [0, 0.1) is 6.92 Å². The second-order valence-corrected chi connectivity index (χ2v) is 7.41. The van der Waals surface area contributed by atoms with E-state index < -0.39 is 17.6 Å². The first kappa shape index (κ1) is 23.1. The Morgan fingerprint density at radius 1 is 0.906 bits per heavy atom. The number of hydrogen-bond acceptors (Lipinski definition) is 3. The Kier molecular flexibility index (Phi) is 7.05. The molecule has 166 valence electrons. The summed E-state index contributed by atoms with van der Waals surface area (Å²) in [6, 6.07) is 15.8. The van der Waals surface area contributed by atoms with Gasteiger partial charge in [0.1, 0.15) is 0 Å². The van der Waals surface area contributed by atoms with E-state index in [0.29, 0.717) is 16.4 Å². The quantitative estimate of drug-likeness (QED) is 0.423. The molecule has 0 unspecified atom stereocenters. The van der Waals surface area contributed by atoms with Crippen LogP contribution < -0.4 is 16.0 Å². The van der Waals surface area contributed by atoms with Crippen LogP contribution in [-0.2, 0) is 11.0 Å². The number of anilines is 3. The molecule has 3 rings (SSSR count). The zero-order chi connectivity index (χ0) is 23.3. The largest absolute Gasteiger partial charge is 0.416 e. The Morgan fingerprint density at radius 2 is 1.62 bits per heavy atom. The molecule has 32 heavy (non-hydrogen) atoms. The third-order valence-corrected chi connectivity index (χ3v) is 4.73. The number of aryl methyl sites for hydroxylation is 1. The molecule has 0 fully saturated rings. The SMILES string of the molecule is Cc1ccc(Cl)cc1NC(=O)CNc1cccc(C(=O)Nc2cccc(C(F)(F)F)c2)c1. The van der Waals surface area contributed by atoms with Crippen molar-refractivity contribution in [1.82, 2.24) is 0 Å². The molecule has 0 aliphatic rings. The standard InChI is InChI=1S/C23H19ClF3N3O2/c1-14-8-9-17(24)12-20(14)30-21(31)13-28-18-6-2-4-15(10-18)22(32)29-19-7-3-5-16(11-19)23(25,26)27/h2-12,28H,13H2,1H3,(H,29,32)(H,30,31). The van der Waals surface area contributed by atoms with Crippen molar-refractivity contribution >= 4 is 40.5 Å². The van der Waals surface area contributed by atoms with Crippen molar-refractivity contribution in [2.45, 2.75) is 13.1 Å². The number of rotatable bonds is 6. The summed E-state index contributed by atoms with van der Waals surface area (Å²) in [5, 5.41) is 8.61. The molecule has 0 atom stereocenters. The van der Waals surface area contributed by atoms with Gasteiger partial charge < -0.3 is 16.0 Å². The molecule has 0 bridgehead atoms. The number of carbonyl (C=O) groups is 2. The third kappa shape index (κ3) is 6.24. The molecule has 0 aromatic heterocycles. The number of halogens is 4. The molecule has 0 saturated heterocycles. The minimum absolute atomic E-state index is 0.0273. The highest BCUT2D eigenvalue weighted by atomic mass is 35.5. The lowest BCUT2D eigenvalue weighted by atomic mass is 10.1. The van der Waals surface area contributed by atoms with Crippen molar-refractivity contribution in [3.63, 3.8) is 0 Å². The summed E-state index contributed by atoms with van der Waals surface area (Å²) in [5.41, 5.74) is 1.35. The highest BCUT2D eigenvalue weighted by molar-refractivity contribution is 6.31. The Bertz CT molecular complexity index is 1150. The first-order chi connectivity index (χ1) is 15.1. The van der Waals surface area contributed by atoms with Crippen molar-refractivity contribution in [1.29, 1.82) is 0 Å². The van der Waals surface area contributed by atoms with E-state index in [1.54, 1.807) is 30.3 Å². The maximum absolute atomic E-state index is 12.9. The molecule has 3 aromatic carbocycles. The molecule has 3 aromatic rings. The smallest absolute Gasteiger partial charge is 0.376 e. The number of carbonyl (C=O) groups excluding carboxylic acids is 2. The van der Waals surface area contributed by atoms with Gasteiger partial charge in [0.15, 0.2) is 0 Å². The van der Waals surface area contributed by atoms with Gasteiger partial charge in [-0.15, -0.1) is 0 Å². The molecule has 9 heteroatoms. The normalized spacial score (nSPS) is 11.0. The fourth-order valence-electron chi connectivity index (χ4n) is 2.85. The third-order valence-electron chi connectivity index (χ3n) is 4.50. The molecular weight excluding hydrogens is 443 g/mol. The van der Waals surface area contributed by atoms with Crippen LogP contribution in [0.2, 0.25) is 5.02 Å². The maximum Gasteiger partial charge on any atom is 0.416 e. The minimum Gasteiger partial charge on any atom is -0.376 e. The lowest BCUT2D eigenvalue weighted by Crippen LogP contribution is -2.22. The molecule has 0 saturated carbocycles. The molecule has 0 aliphatic heterocycles. The van der Waals surface area contributed by atoms with Crippen LogP contribution >= 0.6 is 11.6 Å². The number of alkyl halides is 3. The number of nitrogens with one attached hydrogen (secondary N) is 3. The van der Waals surface area contributed by atoms with E-state index >= 15 is 0 Å². The minimum atomic E-state index is -4.51. The van der Waals surface area contributed by atoms with Gasteiger partial charge >= 0.3 is 6.18 Å². The van der Waals surface area contributed by atoms with Gasteiger partial charge in [0.05, 0.1) is 12.1 Å². The van der Waals surface area contributed by atoms with Gasteiger partial charge in [-0.25, -0.2) is 0 Å². The summed E-state index contributed by atoms with van der Waals surface area (Å²) in [4.78, 5) is 24.7. The van der Waals surface area contributed by atoms with Gasteiger partial charge in [0, 0.05) is 27.6 Å². The molecule has 0 radical (unpaired) electrons. The van der Waals surface area contributed by atoms with Crippen molar-refractivity contribution in [3.05, 3.63) is 88.4 Å². The highest BCUT2D eigenvalue weighted by Gasteiger charge is 2.30. The average Bonchev–Trinajstić information content (AvgIpc) is 2.75. The zero-order valence-electron chi connectivity index (χ0n) is 16.9. The second-order valence-electron chi connectivity index (χ2n) is 6.97. The second kappa shape index (κ2) is 9.74. The molecule has 0 aliphatic carbocycles. The molecule has 0 heterocycles. The van der Waals surface area contributed by atoms with Crippen LogP contribution in [0.25, 0.3) is 0 Å². The first-order valence-corrected chi connectivity index (χ1v) is 9.88. The zero-order valence-corrected chi connectivity index (χ0v) is 17.6. The van der Waals surface area contributed by atoms with Gasteiger partial charge in [-0.3, -0.25) is 9.59 Å². The maximum atomic E-state index is 12.9. The topological polar surface area (TPSA) is 70.2 Å². The van der Waals surface area contributed by atoms with Crippen molar-refractivity contribution in [3.8, 4) is 0 Å². The Balaban J connectivity index is 1.62. The van der Waals surface area contributed by atoms with Gasteiger partial charge in [0.2, 0.25) is 5.91 Å². The van der Waals surface area contributed by atoms with Gasteiger partial charge in [-0.2, -0.15) is 13.2 Å². The molecule has 0 spiro atoms. The lowest BCUT2D eigenvalue weighted by Gasteiger charge is -2.12. The van der Waals surface area contributed by atoms with Gasteiger partial charge in [0.25, 0.3) is 5.91 Å². The van der Waals surface area contributed by atoms with E-state index in [9.17, 15) is 22.8 Å². The Morgan fingerprint density at radius 3 is 2.38 bits per heavy atom. The molecule has 5 nitrogen and oxygen atoms in total. The van der Waals surface area contributed by atoms with Crippen LogP contribution in [0.5, 0.6) is 0 Å². The molecular formula is C23H19ClF3N3O2. The summed E-state index contributed by atoms with van der Waals surface area (Å²) in [6.45, 7) is 1.77. The predicted molar refractivity (Wildman–Crippen MR) is 119 cm³/mol.